The van der Waals surface area contributed by atoms with Crippen LogP contribution in [0.5, 0.6) is 5.75 Å². The number of ether oxygens (including phenoxy) is 1. The first-order chi connectivity index (χ1) is 9.17. The van der Waals surface area contributed by atoms with Crippen LogP contribution in [-0.4, -0.2) is 49.9 Å². The number of aliphatic hydroxyl groups is 1. The van der Waals surface area contributed by atoms with Crippen molar-refractivity contribution in [2.45, 2.75) is 6.04 Å². The second kappa shape index (κ2) is 7.73. The van der Waals surface area contributed by atoms with Gasteiger partial charge in [0.05, 0.1) is 19.8 Å². The number of rotatable bonds is 4. The lowest BCUT2D eigenvalue weighted by Crippen LogP contribution is -2.46. The summed E-state index contributed by atoms with van der Waals surface area (Å²) < 4.78 is 32.9. The van der Waals surface area contributed by atoms with Crippen LogP contribution in [0.2, 0.25) is 0 Å². The quantitative estimate of drug-likeness (QED) is 0.881. The van der Waals surface area contributed by atoms with Gasteiger partial charge in [-0.15, -0.1) is 12.4 Å². The third-order valence-corrected chi connectivity index (χ3v) is 3.39. The van der Waals surface area contributed by atoms with Crippen LogP contribution in [0.3, 0.4) is 0 Å². The van der Waals surface area contributed by atoms with Gasteiger partial charge < -0.3 is 15.2 Å². The number of benzene rings is 1. The minimum atomic E-state index is -0.686. The van der Waals surface area contributed by atoms with Crippen LogP contribution < -0.4 is 10.1 Å². The Hall–Kier alpha value is -0.950. The molecule has 0 aliphatic carbocycles. The average Bonchev–Trinajstić information content (AvgIpc) is 2.43. The van der Waals surface area contributed by atoms with Gasteiger partial charge in [-0.3, -0.25) is 4.90 Å². The van der Waals surface area contributed by atoms with E-state index in [2.05, 4.69) is 5.32 Å². The summed E-state index contributed by atoms with van der Waals surface area (Å²) in [6, 6.07) is 1.63. The van der Waals surface area contributed by atoms with Crippen LogP contribution in [-0.2, 0) is 0 Å². The summed E-state index contributed by atoms with van der Waals surface area (Å²) in [5.74, 6) is -1.24. The number of methoxy groups -OCH3 is 1. The van der Waals surface area contributed by atoms with Crippen molar-refractivity contribution in [1.82, 2.24) is 10.2 Å². The van der Waals surface area contributed by atoms with Crippen molar-refractivity contribution in [3.05, 3.63) is 29.3 Å². The fourth-order valence-electron chi connectivity index (χ4n) is 2.38. The Morgan fingerprint density at radius 3 is 2.30 bits per heavy atom. The topological polar surface area (TPSA) is 44.7 Å². The Balaban J connectivity index is 0.00000200. The molecule has 20 heavy (non-hydrogen) atoms. The molecule has 0 bridgehead atoms. The van der Waals surface area contributed by atoms with Crippen molar-refractivity contribution < 1.29 is 18.6 Å². The molecule has 2 rings (SSSR count). The zero-order valence-corrected chi connectivity index (χ0v) is 12.1. The lowest BCUT2D eigenvalue weighted by molar-refractivity contribution is 0.105. The molecule has 1 saturated heterocycles. The molecule has 1 aliphatic rings. The van der Waals surface area contributed by atoms with E-state index in [-0.39, 0.29) is 30.3 Å². The highest BCUT2D eigenvalue weighted by atomic mass is 35.5. The number of halogens is 3. The summed E-state index contributed by atoms with van der Waals surface area (Å²) in [6.45, 7) is 2.47. The van der Waals surface area contributed by atoms with Gasteiger partial charge in [0.15, 0.2) is 0 Å². The lowest BCUT2D eigenvalue weighted by atomic mass is 10.0. The van der Waals surface area contributed by atoms with E-state index in [4.69, 9.17) is 4.74 Å². The Bertz CT molecular complexity index is 419. The molecular weight excluding hydrogens is 290 g/mol. The molecule has 1 aromatic rings. The molecule has 2 N–H and O–H groups in total. The van der Waals surface area contributed by atoms with Crippen LogP contribution in [0.1, 0.15) is 11.6 Å². The molecule has 4 nitrogen and oxygen atoms in total. The first kappa shape index (κ1) is 17.1. The second-order valence-corrected chi connectivity index (χ2v) is 4.49. The van der Waals surface area contributed by atoms with Crippen molar-refractivity contribution in [2.24, 2.45) is 0 Å². The summed E-state index contributed by atoms with van der Waals surface area (Å²) in [7, 11) is 1.35. The zero-order chi connectivity index (χ0) is 13.8. The molecule has 0 amide bonds. The predicted octanol–water partition coefficient (Wildman–Crippen LogP) is 1.33. The number of aliphatic hydroxyl groups excluding tert-OH is 1. The highest BCUT2D eigenvalue weighted by Crippen LogP contribution is 2.29. The standard InChI is InChI=1S/C13H18F2N2O2.ClH/c1-19-9-6-10(14)13(11(15)7-9)12(8-18)17-4-2-16-3-5-17;/h6-7,12,16,18H,2-5,8H2,1H3;1H/t12-;/m0./s1. The number of nitrogens with zero attached hydrogens (tertiary/aromatic N) is 1. The second-order valence-electron chi connectivity index (χ2n) is 4.49. The molecule has 1 aromatic carbocycles. The van der Waals surface area contributed by atoms with E-state index in [1.807, 2.05) is 4.90 Å². The van der Waals surface area contributed by atoms with Gasteiger partial charge in [0.1, 0.15) is 17.4 Å². The lowest BCUT2D eigenvalue weighted by Gasteiger charge is -2.34. The summed E-state index contributed by atoms with van der Waals surface area (Å²) >= 11 is 0. The van der Waals surface area contributed by atoms with Gasteiger partial charge in [-0.2, -0.15) is 0 Å². The Morgan fingerprint density at radius 1 is 1.30 bits per heavy atom. The minimum Gasteiger partial charge on any atom is -0.497 e. The van der Waals surface area contributed by atoms with E-state index in [0.29, 0.717) is 13.1 Å². The maximum absolute atomic E-state index is 14.0. The third-order valence-electron chi connectivity index (χ3n) is 3.39. The van der Waals surface area contributed by atoms with Crippen LogP contribution >= 0.6 is 12.4 Å². The first-order valence-electron chi connectivity index (χ1n) is 6.26. The molecule has 0 radical (unpaired) electrons. The van der Waals surface area contributed by atoms with Gasteiger partial charge in [0, 0.05) is 43.9 Å². The van der Waals surface area contributed by atoms with Crippen molar-refractivity contribution in [1.29, 1.82) is 0 Å². The van der Waals surface area contributed by atoms with Crippen LogP contribution in [0, 0.1) is 11.6 Å². The Kier molecular flexibility index (Phi) is 6.61. The van der Waals surface area contributed by atoms with E-state index in [9.17, 15) is 13.9 Å². The summed E-state index contributed by atoms with van der Waals surface area (Å²) in [6.07, 6.45) is 0. The van der Waals surface area contributed by atoms with Gasteiger partial charge in [-0.1, -0.05) is 0 Å². The third kappa shape index (κ3) is 3.58. The largest absolute Gasteiger partial charge is 0.497 e. The number of hydrogen-bond donors (Lipinski definition) is 2. The molecule has 1 heterocycles. The van der Waals surface area contributed by atoms with E-state index < -0.39 is 17.7 Å². The maximum Gasteiger partial charge on any atom is 0.134 e. The van der Waals surface area contributed by atoms with E-state index in [1.54, 1.807) is 0 Å². The molecule has 1 aliphatic heterocycles. The molecule has 114 valence electrons. The van der Waals surface area contributed by atoms with Crippen molar-refractivity contribution in [3.8, 4) is 5.75 Å². The van der Waals surface area contributed by atoms with Crippen molar-refractivity contribution >= 4 is 12.4 Å². The van der Waals surface area contributed by atoms with Crippen LogP contribution in [0.25, 0.3) is 0 Å². The van der Waals surface area contributed by atoms with Crippen LogP contribution in [0.4, 0.5) is 8.78 Å². The summed E-state index contributed by atoms with van der Waals surface area (Å²) in [5.41, 5.74) is -0.0924. The highest BCUT2D eigenvalue weighted by molar-refractivity contribution is 5.85. The molecule has 1 atom stereocenters. The van der Waals surface area contributed by atoms with Gasteiger partial charge in [0.2, 0.25) is 0 Å². The normalized spacial score (nSPS) is 17.4. The van der Waals surface area contributed by atoms with Crippen molar-refractivity contribution in [3.63, 3.8) is 0 Å². The SMILES string of the molecule is COc1cc(F)c([C@H](CO)N2CCNCC2)c(F)c1.Cl. The van der Waals surface area contributed by atoms with Gasteiger partial charge in [0.25, 0.3) is 0 Å². The molecule has 0 spiro atoms. The minimum absolute atomic E-state index is 0. The smallest absolute Gasteiger partial charge is 0.134 e. The summed E-state index contributed by atoms with van der Waals surface area (Å²) in [4.78, 5) is 1.88. The fraction of sp³-hybridized carbons (Fsp3) is 0.538. The van der Waals surface area contributed by atoms with Gasteiger partial charge in [-0.05, 0) is 0 Å². The Labute approximate surface area is 123 Å². The first-order valence-corrected chi connectivity index (χ1v) is 6.26. The number of hydrogen-bond acceptors (Lipinski definition) is 4. The van der Waals surface area contributed by atoms with Gasteiger partial charge in [-0.25, -0.2) is 8.78 Å². The number of piperazine rings is 1. The molecule has 0 saturated carbocycles. The molecule has 0 aromatic heterocycles. The predicted molar refractivity (Wildman–Crippen MR) is 74.4 cm³/mol. The highest BCUT2D eigenvalue weighted by Gasteiger charge is 2.27. The molecule has 0 unspecified atom stereocenters. The molecular formula is C13H19ClF2N2O2. The average molecular weight is 309 g/mol. The van der Waals surface area contributed by atoms with E-state index >= 15 is 0 Å². The van der Waals surface area contributed by atoms with E-state index in [1.165, 1.54) is 7.11 Å². The fourth-order valence-corrected chi connectivity index (χ4v) is 2.38. The summed E-state index contributed by atoms with van der Waals surface area (Å²) in [5, 5.41) is 12.6. The molecule has 1 fully saturated rings. The molecule has 7 heteroatoms. The van der Waals surface area contributed by atoms with Crippen LogP contribution in [0.15, 0.2) is 12.1 Å². The Morgan fingerprint density at radius 2 is 1.85 bits per heavy atom. The maximum atomic E-state index is 14.0. The monoisotopic (exact) mass is 308 g/mol. The van der Waals surface area contributed by atoms with Gasteiger partial charge >= 0.3 is 0 Å². The zero-order valence-electron chi connectivity index (χ0n) is 11.2. The van der Waals surface area contributed by atoms with Crippen molar-refractivity contribution in [2.75, 3.05) is 39.9 Å². The number of nitrogens with one attached hydrogen (secondary N) is 1. The van der Waals surface area contributed by atoms with E-state index in [0.717, 1.165) is 25.2 Å².